The number of rotatable bonds is 4. The van der Waals surface area contributed by atoms with E-state index in [0.717, 1.165) is 18.7 Å². The van der Waals surface area contributed by atoms with Crippen molar-refractivity contribution in [2.75, 3.05) is 0 Å². The first-order chi connectivity index (χ1) is 6.13. The number of halogens is 1. The lowest BCUT2D eigenvalue weighted by molar-refractivity contribution is 0.369. The summed E-state index contributed by atoms with van der Waals surface area (Å²) >= 11 is 3.47. The van der Waals surface area contributed by atoms with E-state index >= 15 is 0 Å². The van der Waals surface area contributed by atoms with Crippen molar-refractivity contribution in [1.29, 1.82) is 0 Å². The van der Waals surface area contributed by atoms with Gasteiger partial charge in [0.2, 0.25) is 5.89 Å². The zero-order valence-electron chi connectivity index (χ0n) is 8.25. The first-order valence-electron chi connectivity index (χ1n) is 4.60. The largest absolute Gasteiger partial charge is 0.338 e. The van der Waals surface area contributed by atoms with Gasteiger partial charge in [0.05, 0.1) is 4.83 Å². The van der Waals surface area contributed by atoms with Crippen LogP contribution in [0.1, 0.15) is 43.7 Å². The number of hydrogen-bond donors (Lipinski definition) is 0. The van der Waals surface area contributed by atoms with E-state index in [2.05, 4.69) is 46.8 Å². The van der Waals surface area contributed by atoms with Gasteiger partial charge in [0.25, 0.3) is 0 Å². The summed E-state index contributed by atoms with van der Waals surface area (Å²) in [5, 5.41) is 3.91. The molecule has 0 aliphatic rings. The Morgan fingerprint density at radius 3 is 2.69 bits per heavy atom. The zero-order valence-corrected chi connectivity index (χ0v) is 9.84. The molecule has 74 valence electrons. The maximum atomic E-state index is 5.11. The van der Waals surface area contributed by atoms with Crippen LogP contribution in [0.15, 0.2) is 4.52 Å². The Hall–Kier alpha value is -0.380. The van der Waals surface area contributed by atoms with Gasteiger partial charge in [0.1, 0.15) is 0 Å². The summed E-state index contributed by atoms with van der Waals surface area (Å²) in [5.41, 5.74) is 0. The highest BCUT2D eigenvalue weighted by Crippen LogP contribution is 2.24. The Labute approximate surface area is 87.0 Å². The number of alkyl halides is 1. The van der Waals surface area contributed by atoms with Crippen LogP contribution in [-0.2, 0) is 6.42 Å². The Bertz CT molecular complexity index is 260. The van der Waals surface area contributed by atoms with Crippen LogP contribution in [0.25, 0.3) is 0 Å². The predicted molar refractivity (Wildman–Crippen MR) is 54.8 cm³/mol. The van der Waals surface area contributed by atoms with Gasteiger partial charge in [-0.2, -0.15) is 4.98 Å². The van der Waals surface area contributed by atoms with Gasteiger partial charge in [0.15, 0.2) is 5.82 Å². The van der Waals surface area contributed by atoms with Gasteiger partial charge in [-0.15, -0.1) is 0 Å². The van der Waals surface area contributed by atoms with Crippen LogP contribution in [-0.4, -0.2) is 10.1 Å². The van der Waals surface area contributed by atoms with E-state index in [0.29, 0.717) is 11.8 Å². The average molecular weight is 247 g/mol. The van der Waals surface area contributed by atoms with Crippen LogP contribution in [0.4, 0.5) is 0 Å². The molecule has 4 heteroatoms. The molecule has 1 atom stereocenters. The van der Waals surface area contributed by atoms with Crippen molar-refractivity contribution < 1.29 is 4.52 Å². The molecule has 0 amide bonds. The molecule has 0 aromatic carbocycles. The third kappa shape index (κ3) is 3.10. The molecule has 0 N–H and O–H groups in total. The topological polar surface area (TPSA) is 38.9 Å². The van der Waals surface area contributed by atoms with Crippen molar-refractivity contribution in [3.8, 4) is 0 Å². The van der Waals surface area contributed by atoms with Crippen molar-refractivity contribution in [2.45, 2.75) is 38.4 Å². The van der Waals surface area contributed by atoms with Gasteiger partial charge in [0, 0.05) is 6.42 Å². The molecule has 0 aliphatic heterocycles. The summed E-state index contributed by atoms with van der Waals surface area (Å²) in [6, 6.07) is 0. The zero-order chi connectivity index (χ0) is 9.84. The van der Waals surface area contributed by atoms with Gasteiger partial charge in [-0.05, 0) is 12.3 Å². The standard InChI is InChI=1S/C9H15BrN2O/c1-4-7(10)9-11-8(12-13-9)5-6(2)3/h6-7H,4-5H2,1-3H3. The summed E-state index contributed by atoms with van der Waals surface area (Å²) in [6.07, 6.45) is 1.84. The second kappa shape index (κ2) is 4.74. The summed E-state index contributed by atoms with van der Waals surface area (Å²) in [5.74, 6) is 2.07. The fraction of sp³-hybridized carbons (Fsp3) is 0.778. The lowest BCUT2D eigenvalue weighted by Gasteiger charge is -1.98. The van der Waals surface area contributed by atoms with E-state index in [9.17, 15) is 0 Å². The number of nitrogens with zero attached hydrogens (tertiary/aromatic N) is 2. The van der Waals surface area contributed by atoms with Gasteiger partial charge >= 0.3 is 0 Å². The molecule has 0 aliphatic carbocycles. The van der Waals surface area contributed by atoms with Crippen LogP contribution < -0.4 is 0 Å². The average Bonchev–Trinajstić information content (AvgIpc) is 2.50. The molecule has 1 unspecified atom stereocenters. The first kappa shape index (κ1) is 10.7. The van der Waals surface area contributed by atoms with E-state index in [1.54, 1.807) is 0 Å². The minimum absolute atomic E-state index is 0.195. The lowest BCUT2D eigenvalue weighted by Crippen LogP contribution is -1.96. The predicted octanol–water partition coefficient (Wildman–Crippen LogP) is 3.11. The molecule has 0 bridgehead atoms. The summed E-state index contributed by atoms with van der Waals surface area (Å²) in [7, 11) is 0. The normalized spacial score (nSPS) is 13.6. The molecule has 13 heavy (non-hydrogen) atoms. The van der Waals surface area contributed by atoms with Gasteiger partial charge < -0.3 is 4.52 Å². The van der Waals surface area contributed by atoms with Crippen molar-refractivity contribution >= 4 is 15.9 Å². The fourth-order valence-corrected chi connectivity index (χ4v) is 1.20. The molecule has 1 aromatic rings. The molecule has 0 spiro atoms. The molecular formula is C9H15BrN2O. The Morgan fingerprint density at radius 1 is 1.46 bits per heavy atom. The molecular weight excluding hydrogens is 232 g/mol. The molecule has 1 heterocycles. The van der Waals surface area contributed by atoms with Crippen LogP contribution in [0.2, 0.25) is 0 Å². The highest BCUT2D eigenvalue weighted by Gasteiger charge is 2.14. The Kier molecular flexibility index (Phi) is 3.90. The molecule has 3 nitrogen and oxygen atoms in total. The Morgan fingerprint density at radius 2 is 2.15 bits per heavy atom. The van der Waals surface area contributed by atoms with Crippen LogP contribution >= 0.6 is 15.9 Å². The molecule has 0 saturated heterocycles. The van der Waals surface area contributed by atoms with Gasteiger partial charge in [-0.3, -0.25) is 0 Å². The van der Waals surface area contributed by atoms with E-state index in [-0.39, 0.29) is 4.83 Å². The van der Waals surface area contributed by atoms with Crippen LogP contribution in [0.5, 0.6) is 0 Å². The third-order valence-electron chi connectivity index (χ3n) is 1.70. The summed E-state index contributed by atoms with van der Waals surface area (Å²) in [4.78, 5) is 4.49. The molecule has 0 saturated carbocycles. The monoisotopic (exact) mass is 246 g/mol. The highest BCUT2D eigenvalue weighted by atomic mass is 79.9. The molecule has 1 rings (SSSR count). The minimum atomic E-state index is 0.195. The van der Waals surface area contributed by atoms with Crippen molar-refractivity contribution in [1.82, 2.24) is 10.1 Å². The van der Waals surface area contributed by atoms with Crippen molar-refractivity contribution in [3.63, 3.8) is 0 Å². The number of hydrogen-bond acceptors (Lipinski definition) is 3. The summed E-state index contributed by atoms with van der Waals surface area (Å²) in [6.45, 7) is 6.36. The van der Waals surface area contributed by atoms with Crippen molar-refractivity contribution in [3.05, 3.63) is 11.7 Å². The first-order valence-corrected chi connectivity index (χ1v) is 5.51. The maximum absolute atomic E-state index is 5.11. The second-order valence-corrected chi connectivity index (χ2v) is 4.63. The van der Waals surface area contributed by atoms with E-state index in [1.165, 1.54) is 0 Å². The molecule has 1 aromatic heterocycles. The van der Waals surface area contributed by atoms with Gasteiger partial charge in [-0.1, -0.05) is 41.9 Å². The van der Waals surface area contributed by atoms with Crippen LogP contribution in [0.3, 0.4) is 0 Å². The molecule has 0 radical (unpaired) electrons. The van der Waals surface area contributed by atoms with E-state index in [1.807, 2.05) is 0 Å². The van der Waals surface area contributed by atoms with Crippen molar-refractivity contribution in [2.24, 2.45) is 5.92 Å². The lowest BCUT2D eigenvalue weighted by atomic mass is 10.1. The van der Waals surface area contributed by atoms with Crippen LogP contribution in [0, 0.1) is 5.92 Å². The smallest absolute Gasteiger partial charge is 0.240 e. The minimum Gasteiger partial charge on any atom is -0.338 e. The van der Waals surface area contributed by atoms with E-state index in [4.69, 9.17) is 4.52 Å². The Balaban J connectivity index is 2.63. The molecule has 0 fully saturated rings. The summed E-state index contributed by atoms with van der Waals surface area (Å²) < 4.78 is 5.11. The maximum Gasteiger partial charge on any atom is 0.240 e. The fourth-order valence-electron chi connectivity index (χ4n) is 1.02. The SMILES string of the molecule is CCC(Br)c1nc(CC(C)C)no1. The highest BCUT2D eigenvalue weighted by molar-refractivity contribution is 9.09. The number of aromatic nitrogens is 2. The second-order valence-electron chi connectivity index (χ2n) is 3.52. The van der Waals surface area contributed by atoms with E-state index < -0.39 is 0 Å². The third-order valence-corrected chi connectivity index (χ3v) is 2.74. The quantitative estimate of drug-likeness (QED) is 0.767. The van der Waals surface area contributed by atoms with Gasteiger partial charge in [-0.25, -0.2) is 0 Å².